The largest absolute Gasteiger partial charge is 0.453 e. The molecule has 2 heterocycles. The molecule has 4 aromatic rings. The molecule has 2 aromatic carbocycles. The third-order valence-electron chi connectivity index (χ3n) is 5.55. The maximum absolute atomic E-state index is 13.3. The van der Waals surface area contributed by atoms with Crippen molar-refractivity contribution in [2.75, 3.05) is 24.4 Å². The molecule has 1 N–H and O–H groups in total. The van der Waals surface area contributed by atoms with Gasteiger partial charge < -0.3 is 9.64 Å². The zero-order valence-electron chi connectivity index (χ0n) is 19.2. The fraction of sp³-hybridized carbons (Fsp3) is 0.160. The molecule has 0 unspecified atom stereocenters. The second-order valence-corrected chi connectivity index (χ2v) is 7.77. The molecule has 0 aliphatic rings. The number of rotatable bonds is 4. The molecule has 0 aliphatic carbocycles. The Kier molecular flexibility index (Phi) is 5.97. The highest BCUT2D eigenvalue weighted by molar-refractivity contribution is 6.07. The molecule has 2 amide bonds. The number of nitrogens with one attached hydrogen (secondary N) is 1. The van der Waals surface area contributed by atoms with Crippen molar-refractivity contribution >= 4 is 34.5 Å². The minimum Gasteiger partial charge on any atom is -0.453 e. The van der Waals surface area contributed by atoms with Crippen molar-refractivity contribution < 1.29 is 14.3 Å². The highest BCUT2D eigenvalue weighted by atomic mass is 16.5. The number of anilines is 2. The van der Waals surface area contributed by atoms with Gasteiger partial charge in [0, 0.05) is 18.3 Å². The van der Waals surface area contributed by atoms with Crippen molar-refractivity contribution in [3.8, 4) is 11.8 Å². The van der Waals surface area contributed by atoms with Gasteiger partial charge in [0.05, 0.1) is 41.7 Å². The van der Waals surface area contributed by atoms with Gasteiger partial charge in [0.1, 0.15) is 12.1 Å². The van der Waals surface area contributed by atoms with Crippen LogP contribution in [0.4, 0.5) is 16.3 Å². The first kappa shape index (κ1) is 22.5. The molecule has 0 fully saturated rings. The van der Waals surface area contributed by atoms with Crippen LogP contribution >= 0.6 is 0 Å². The number of imidazole rings is 1. The Labute approximate surface area is 196 Å². The SMILES string of the molecule is COC(=O)Nc1ccc(-n2cnc3c(C)cc(C(=O)N(C)c4ccc(C#N)c(C)c4)cc32)cn1. The number of benzene rings is 2. The Hall–Kier alpha value is -4.71. The number of aromatic nitrogens is 3. The zero-order valence-corrected chi connectivity index (χ0v) is 19.2. The van der Waals surface area contributed by atoms with Crippen LogP contribution in [0.2, 0.25) is 0 Å². The summed E-state index contributed by atoms with van der Waals surface area (Å²) in [6.07, 6.45) is 2.67. The Bertz CT molecular complexity index is 1450. The molecule has 0 atom stereocenters. The number of carbonyl (C=O) groups excluding carboxylic acids is 2. The molecule has 4 rings (SSSR count). The molecule has 0 aliphatic heterocycles. The number of hydrogen-bond acceptors (Lipinski definition) is 6. The van der Waals surface area contributed by atoms with Gasteiger partial charge in [-0.05, 0) is 67.4 Å². The topological polar surface area (TPSA) is 113 Å². The summed E-state index contributed by atoms with van der Waals surface area (Å²) in [5.41, 5.74) is 5.69. The molecule has 0 saturated carbocycles. The van der Waals surface area contributed by atoms with E-state index >= 15 is 0 Å². The first-order chi connectivity index (χ1) is 16.3. The summed E-state index contributed by atoms with van der Waals surface area (Å²) in [6, 6.07) is 14.5. The molecule has 2 aromatic heterocycles. The molecular weight excluding hydrogens is 432 g/mol. The third kappa shape index (κ3) is 4.17. The average Bonchev–Trinajstić information content (AvgIpc) is 3.28. The fourth-order valence-electron chi connectivity index (χ4n) is 3.67. The lowest BCUT2D eigenvalue weighted by Gasteiger charge is -2.19. The number of aryl methyl sites for hydroxylation is 2. The maximum Gasteiger partial charge on any atom is 0.412 e. The summed E-state index contributed by atoms with van der Waals surface area (Å²) < 4.78 is 6.41. The molecule has 9 nitrogen and oxygen atoms in total. The Morgan fingerprint density at radius 3 is 2.53 bits per heavy atom. The number of pyridine rings is 1. The summed E-state index contributed by atoms with van der Waals surface area (Å²) >= 11 is 0. The number of hydrogen-bond donors (Lipinski definition) is 1. The minimum absolute atomic E-state index is 0.183. The monoisotopic (exact) mass is 454 g/mol. The van der Waals surface area contributed by atoms with Crippen LogP contribution in [-0.2, 0) is 4.74 Å². The molecule has 0 saturated heterocycles. The molecule has 9 heteroatoms. The Morgan fingerprint density at radius 1 is 1.09 bits per heavy atom. The Balaban J connectivity index is 1.69. The Morgan fingerprint density at radius 2 is 1.88 bits per heavy atom. The summed E-state index contributed by atoms with van der Waals surface area (Å²) in [7, 11) is 2.99. The number of fused-ring (bicyclic) bond motifs is 1. The standard InChI is InChI=1S/C25H22N6O3/c1-15-10-19(6-5-17(15)12-26)30(3)24(32)18-9-16(2)23-21(11-18)31(14-28-23)20-7-8-22(27-13-20)29-25(33)34-4/h5-11,13-14H,1-4H3,(H,27,29,33). The van der Waals surface area contributed by atoms with E-state index in [0.717, 1.165) is 27.8 Å². The van der Waals surface area contributed by atoms with Gasteiger partial charge in [0.2, 0.25) is 0 Å². The van der Waals surface area contributed by atoms with E-state index in [2.05, 4.69) is 26.1 Å². The van der Waals surface area contributed by atoms with Gasteiger partial charge in [-0.1, -0.05) is 0 Å². The average molecular weight is 454 g/mol. The number of nitrogens with zero attached hydrogens (tertiary/aromatic N) is 5. The fourth-order valence-corrected chi connectivity index (χ4v) is 3.67. The molecule has 0 radical (unpaired) electrons. The lowest BCUT2D eigenvalue weighted by Crippen LogP contribution is -2.26. The van der Waals surface area contributed by atoms with Gasteiger partial charge in [-0.25, -0.2) is 14.8 Å². The number of carbonyl (C=O) groups is 2. The minimum atomic E-state index is -0.603. The maximum atomic E-state index is 13.3. The first-order valence-corrected chi connectivity index (χ1v) is 10.4. The van der Waals surface area contributed by atoms with Crippen molar-refractivity contribution in [2.45, 2.75) is 13.8 Å². The van der Waals surface area contributed by atoms with Crippen molar-refractivity contribution in [2.24, 2.45) is 0 Å². The number of amides is 2. The quantitative estimate of drug-likeness (QED) is 0.490. The lowest BCUT2D eigenvalue weighted by atomic mass is 10.1. The zero-order chi connectivity index (χ0) is 24.4. The normalized spacial score (nSPS) is 10.6. The van der Waals surface area contributed by atoms with E-state index in [9.17, 15) is 9.59 Å². The van der Waals surface area contributed by atoms with E-state index in [4.69, 9.17) is 5.26 Å². The van der Waals surface area contributed by atoms with Gasteiger partial charge in [-0.3, -0.25) is 14.7 Å². The summed E-state index contributed by atoms with van der Waals surface area (Å²) in [5.74, 6) is 0.170. The van der Waals surface area contributed by atoms with E-state index in [1.807, 2.05) is 30.5 Å². The number of ether oxygens (including phenoxy) is 1. The van der Waals surface area contributed by atoms with Crippen LogP contribution in [0.15, 0.2) is 55.0 Å². The van der Waals surface area contributed by atoms with Crippen molar-refractivity contribution in [1.82, 2.24) is 14.5 Å². The van der Waals surface area contributed by atoms with E-state index in [1.165, 1.54) is 7.11 Å². The van der Waals surface area contributed by atoms with Crippen LogP contribution in [0.3, 0.4) is 0 Å². The lowest BCUT2D eigenvalue weighted by molar-refractivity contribution is 0.0993. The van der Waals surface area contributed by atoms with E-state index in [-0.39, 0.29) is 5.91 Å². The van der Waals surface area contributed by atoms with E-state index in [0.29, 0.717) is 22.6 Å². The molecule has 34 heavy (non-hydrogen) atoms. The number of methoxy groups -OCH3 is 1. The van der Waals surface area contributed by atoms with Crippen LogP contribution in [-0.4, -0.2) is 40.7 Å². The predicted octanol–water partition coefficient (Wildman–Crippen LogP) is 4.36. The first-order valence-electron chi connectivity index (χ1n) is 10.4. The summed E-state index contributed by atoms with van der Waals surface area (Å²) in [6.45, 7) is 3.75. The second kappa shape index (κ2) is 9.03. The van der Waals surface area contributed by atoms with Crippen LogP contribution < -0.4 is 10.2 Å². The second-order valence-electron chi connectivity index (χ2n) is 7.77. The highest BCUT2D eigenvalue weighted by Crippen LogP contribution is 2.25. The van der Waals surface area contributed by atoms with Gasteiger partial charge in [-0.15, -0.1) is 0 Å². The van der Waals surface area contributed by atoms with Gasteiger partial charge in [0.15, 0.2) is 0 Å². The van der Waals surface area contributed by atoms with E-state index in [1.54, 1.807) is 54.8 Å². The highest BCUT2D eigenvalue weighted by Gasteiger charge is 2.18. The van der Waals surface area contributed by atoms with Crippen LogP contribution in [0, 0.1) is 25.2 Å². The van der Waals surface area contributed by atoms with Gasteiger partial charge >= 0.3 is 6.09 Å². The van der Waals surface area contributed by atoms with Crippen LogP contribution in [0.5, 0.6) is 0 Å². The van der Waals surface area contributed by atoms with Crippen molar-refractivity contribution in [1.29, 1.82) is 5.26 Å². The van der Waals surface area contributed by atoms with E-state index < -0.39 is 6.09 Å². The molecule has 170 valence electrons. The van der Waals surface area contributed by atoms with Gasteiger partial charge in [-0.2, -0.15) is 5.26 Å². The van der Waals surface area contributed by atoms with Crippen molar-refractivity contribution in [3.05, 3.63) is 77.2 Å². The summed E-state index contributed by atoms with van der Waals surface area (Å²) in [4.78, 5) is 35.0. The van der Waals surface area contributed by atoms with Crippen LogP contribution in [0.1, 0.15) is 27.0 Å². The number of nitriles is 1. The van der Waals surface area contributed by atoms with Crippen LogP contribution in [0.25, 0.3) is 16.7 Å². The third-order valence-corrected chi connectivity index (χ3v) is 5.55. The smallest absolute Gasteiger partial charge is 0.412 e. The molecule has 0 spiro atoms. The van der Waals surface area contributed by atoms with Gasteiger partial charge in [0.25, 0.3) is 5.91 Å². The predicted molar refractivity (Wildman–Crippen MR) is 128 cm³/mol. The van der Waals surface area contributed by atoms with Crippen molar-refractivity contribution in [3.63, 3.8) is 0 Å². The molecule has 0 bridgehead atoms. The molecular formula is C25H22N6O3. The summed E-state index contributed by atoms with van der Waals surface area (Å²) in [5, 5.41) is 11.7.